The van der Waals surface area contributed by atoms with Crippen molar-refractivity contribution >= 4 is 34.3 Å². The first-order chi connectivity index (χ1) is 17.7. The van der Waals surface area contributed by atoms with Crippen molar-refractivity contribution in [3.63, 3.8) is 0 Å². The molecule has 9 nitrogen and oxygen atoms in total. The molecule has 1 N–H and O–H groups in total. The number of para-hydroxylation sites is 2. The van der Waals surface area contributed by atoms with Gasteiger partial charge < -0.3 is 30.9 Å². The number of aromatic hydroxyl groups is 1. The predicted molar refractivity (Wildman–Crippen MR) is 147 cm³/mol. The summed E-state index contributed by atoms with van der Waals surface area (Å²) in [4.78, 5) is 32.7. The number of ether oxygens (including phenoxy) is 3. The van der Waals surface area contributed by atoms with Gasteiger partial charge in [0.05, 0.1) is 13.2 Å². The van der Waals surface area contributed by atoms with E-state index < -0.39 is 6.10 Å². The summed E-state index contributed by atoms with van der Waals surface area (Å²) in [6, 6.07) is 17.9. The summed E-state index contributed by atoms with van der Waals surface area (Å²) in [7, 11) is 0. The predicted octanol–water partition coefficient (Wildman–Crippen LogP) is -0.650. The molecule has 0 heterocycles. The van der Waals surface area contributed by atoms with E-state index >= 15 is 0 Å². The van der Waals surface area contributed by atoms with Crippen molar-refractivity contribution in [1.29, 1.82) is 0 Å². The Morgan fingerprint density at radius 1 is 0.872 bits per heavy atom. The number of halogens is 1. The van der Waals surface area contributed by atoms with E-state index in [-0.39, 0.29) is 162 Å². The largest absolute Gasteiger partial charge is 1.00 e. The minimum atomic E-state index is -0.558. The normalized spacial score (nSPS) is 9.28. The maximum atomic E-state index is 11.2. The standard InChI is InChI=1S/C11H14O3.C6H6O.C5H9BrO2.2C2H6.CH2O3.2Cs.H/c1-3-13-11(12)9(2)14-10-7-5-4-6-8-10;7-6-4-2-1-3-5-6;1-3-8-5(7)4(2)6;2*1-2;2-1-4-3;;;/h4-9H,3H2,1-2H3;1-5,7H;4H,3H2,1-2H3;2*1-2H3;1,3H;;;/q;;;;;;2*+1;-1/p-1. The summed E-state index contributed by atoms with van der Waals surface area (Å²) in [5.74, 6) is 0.458. The van der Waals surface area contributed by atoms with Crippen LogP contribution in [0.5, 0.6) is 11.5 Å². The molecule has 0 fully saturated rings. The van der Waals surface area contributed by atoms with Crippen molar-refractivity contribution < 1.29 is 183 Å². The number of phenolic OH excluding ortho intramolecular Hbond substituents is 1. The molecule has 2 rings (SSSR count). The van der Waals surface area contributed by atoms with Crippen LogP contribution in [0.4, 0.5) is 0 Å². The molecule has 2 aromatic carbocycles. The molecule has 12 heteroatoms. The second-order valence-corrected chi connectivity index (χ2v) is 7.09. The molecule has 0 amide bonds. The fourth-order valence-electron chi connectivity index (χ4n) is 1.70. The number of hydrogen-bond donors (Lipinski definition) is 1. The van der Waals surface area contributed by atoms with Gasteiger partial charge >= 0.3 is 150 Å². The number of carbonyl (C=O) groups excluding carboxylic acids is 3. The Morgan fingerprint density at radius 2 is 1.23 bits per heavy atom. The molecule has 2 atom stereocenters. The Morgan fingerprint density at radius 3 is 1.49 bits per heavy atom. The summed E-state index contributed by atoms with van der Waals surface area (Å²) in [5.41, 5.74) is 0. The summed E-state index contributed by atoms with van der Waals surface area (Å²) in [6.07, 6.45) is -0.558. The van der Waals surface area contributed by atoms with Crippen LogP contribution in [0.2, 0.25) is 0 Å². The van der Waals surface area contributed by atoms with Gasteiger partial charge in [-0.25, -0.2) is 4.79 Å². The molecular formula is C27H43BrCs2O9. The SMILES string of the molecule is CC.CC.CCOC(=O)C(C)Br.CCOC(=O)C(C)Oc1ccccc1.O=CO[O-].Oc1ccccc1.[Cs+].[Cs+].[H-]. The van der Waals surface area contributed by atoms with Crippen LogP contribution >= 0.6 is 15.9 Å². The van der Waals surface area contributed by atoms with Gasteiger partial charge in [0.1, 0.15) is 16.3 Å². The first-order valence-corrected chi connectivity index (χ1v) is 12.8. The summed E-state index contributed by atoms with van der Waals surface area (Å²) < 4.78 is 14.8. The average Bonchev–Trinajstić information content (AvgIpc) is 2.93. The summed E-state index contributed by atoms with van der Waals surface area (Å²) >= 11 is 3.07. The molecule has 0 saturated heterocycles. The first-order valence-electron chi connectivity index (χ1n) is 11.9. The van der Waals surface area contributed by atoms with E-state index in [4.69, 9.17) is 24.6 Å². The first kappa shape index (κ1) is 52.6. The zero-order valence-electron chi connectivity index (χ0n) is 26.0. The van der Waals surface area contributed by atoms with Gasteiger partial charge in [0.2, 0.25) is 0 Å². The van der Waals surface area contributed by atoms with E-state index in [9.17, 15) is 9.59 Å². The Labute approximate surface area is 361 Å². The van der Waals surface area contributed by atoms with Crippen molar-refractivity contribution in [1.82, 2.24) is 0 Å². The molecule has 0 aliphatic rings. The quantitative estimate of drug-likeness (QED) is 0.127. The smallest absolute Gasteiger partial charge is 1.00 e. The van der Waals surface area contributed by atoms with Crippen molar-refractivity contribution in [3.05, 3.63) is 60.7 Å². The van der Waals surface area contributed by atoms with Crippen LogP contribution in [0.25, 0.3) is 0 Å². The zero-order valence-corrected chi connectivity index (χ0v) is 39.2. The van der Waals surface area contributed by atoms with Gasteiger partial charge in [0.15, 0.2) is 6.10 Å². The van der Waals surface area contributed by atoms with Gasteiger partial charge in [-0.2, -0.15) is 0 Å². The molecule has 0 aliphatic heterocycles. The molecule has 2 unspecified atom stereocenters. The van der Waals surface area contributed by atoms with Crippen LogP contribution < -0.4 is 148 Å². The third-order valence-electron chi connectivity index (χ3n) is 3.08. The van der Waals surface area contributed by atoms with E-state index in [0.717, 1.165) is 0 Å². The van der Waals surface area contributed by atoms with Crippen molar-refractivity contribution in [3.8, 4) is 11.5 Å². The second kappa shape index (κ2) is 43.4. The minimum Gasteiger partial charge on any atom is -1.00 e. The van der Waals surface area contributed by atoms with Gasteiger partial charge in [0, 0.05) is 0 Å². The van der Waals surface area contributed by atoms with E-state index in [1.54, 1.807) is 64.1 Å². The Balaban J connectivity index is -0.0000000729. The monoisotopic (exact) mass is 856 g/mol. The molecule has 0 saturated carbocycles. The Hall–Kier alpha value is 0.994. The number of rotatable bonds is 7. The maximum Gasteiger partial charge on any atom is 1.00 e. The second-order valence-electron chi connectivity index (χ2n) is 5.72. The topological polar surface area (TPSA) is 131 Å². The number of carbonyl (C=O) groups is 3. The summed E-state index contributed by atoms with van der Waals surface area (Å²) in [5, 5.41) is 17.1. The zero-order chi connectivity index (χ0) is 29.5. The molecule has 0 spiro atoms. The van der Waals surface area contributed by atoms with Crippen LogP contribution in [-0.4, -0.2) is 47.7 Å². The fourth-order valence-corrected chi connectivity index (χ4v) is 1.83. The molecule has 0 aromatic heterocycles. The number of hydrogen-bond acceptors (Lipinski definition) is 9. The van der Waals surface area contributed by atoms with Crippen LogP contribution in [0.15, 0.2) is 60.7 Å². The van der Waals surface area contributed by atoms with Crippen LogP contribution in [-0.2, 0) is 28.7 Å². The third kappa shape index (κ3) is 41.2. The van der Waals surface area contributed by atoms with E-state index in [2.05, 4.69) is 25.6 Å². The van der Waals surface area contributed by atoms with Gasteiger partial charge in [0.25, 0.3) is 6.47 Å². The van der Waals surface area contributed by atoms with Crippen LogP contribution in [0.1, 0.15) is 56.8 Å². The van der Waals surface area contributed by atoms with Crippen LogP contribution in [0.3, 0.4) is 0 Å². The third-order valence-corrected chi connectivity index (χ3v) is 3.46. The maximum absolute atomic E-state index is 11.2. The number of benzene rings is 2. The molecule has 0 bridgehead atoms. The van der Waals surface area contributed by atoms with Crippen molar-refractivity contribution in [2.24, 2.45) is 0 Å². The molecule has 214 valence electrons. The summed E-state index contributed by atoms with van der Waals surface area (Å²) in [6.45, 7) is 15.6. The van der Waals surface area contributed by atoms with Gasteiger partial charge in [-0.1, -0.05) is 80.0 Å². The average molecular weight is 857 g/mol. The van der Waals surface area contributed by atoms with E-state index in [1.165, 1.54) is 0 Å². The Kier molecular flexibility index (Phi) is 58.6. The van der Waals surface area contributed by atoms with E-state index in [1.807, 2.05) is 52.0 Å². The number of esters is 2. The van der Waals surface area contributed by atoms with Gasteiger partial charge in [-0.3, -0.25) is 9.59 Å². The molecule has 39 heavy (non-hydrogen) atoms. The molecule has 2 aromatic rings. The van der Waals surface area contributed by atoms with Gasteiger partial charge in [-0.15, -0.1) is 0 Å². The van der Waals surface area contributed by atoms with Gasteiger partial charge in [-0.05, 0) is 52.0 Å². The van der Waals surface area contributed by atoms with Crippen molar-refractivity contribution in [2.45, 2.75) is 66.3 Å². The molecule has 0 radical (unpaired) electrons. The van der Waals surface area contributed by atoms with Crippen LogP contribution in [0, 0.1) is 0 Å². The minimum absolute atomic E-state index is 0. The van der Waals surface area contributed by atoms with E-state index in [0.29, 0.717) is 24.7 Å². The van der Waals surface area contributed by atoms with Crippen molar-refractivity contribution in [2.75, 3.05) is 13.2 Å². The molecular weight excluding hydrogens is 814 g/mol. The Bertz CT molecular complexity index is 760. The number of phenols is 1. The molecule has 0 aliphatic carbocycles. The fraction of sp³-hybridized carbons (Fsp3) is 0.444. The number of alkyl halides is 1.